The minimum absolute atomic E-state index is 0.129. The van der Waals surface area contributed by atoms with E-state index in [1.54, 1.807) is 20.8 Å². The first-order valence-electron chi connectivity index (χ1n) is 6.62. The van der Waals surface area contributed by atoms with Crippen molar-refractivity contribution < 1.29 is 28.2 Å². The summed E-state index contributed by atoms with van der Waals surface area (Å²) < 4.78 is 31.2. The lowest BCUT2D eigenvalue weighted by atomic mass is 9.94. The number of alkyl carbamates (subject to hydrolysis) is 1. The average Bonchev–Trinajstić information content (AvgIpc) is 2.63. The number of amides is 1. The Balaban J connectivity index is 1.93. The average molecular weight is 291 g/mol. The zero-order valence-electron chi connectivity index (χ0n) is 11.7. The molecule has 7 heteroatoms. The maximum Gasteiger partial charge on any atom is 0.408 e. The van der Waals surface area contributed by atoms with Crippen molar-refractivity contribution >= 4 is 12.1 Å². The maximum absolute atomic E-state index is 13.1. The van der Waals surface area contributed by atoms with Crippen LogP contribution in [0.15, 0.2) is 0 Å². The molecule has 2 N–H and O–H groups in total. The second kappa shape index (κ2) is 4.56. The minimum Gasteiger partial charge on any atom is -0.480 e. The van der Waals surface area contributed by atoms with Crippen LogP contribution in [-0.2, 0) is 9.53 Å². The van der Waals surface area contributed by atoms with E-state index in [1.165, 1.54) is 0 Å². The van der Waals surface area contributed by atoms with E-state index in [-0.39, 0.29) is 12.8 Å². The predicted octanol–water partition coefficient (Wildman–Crippen LogP) is 2.26. The summed E-state index contributed by atoms with van der Waals surface area (Å²) in [7, 11) is 0. The van der Waals surface area contributed by atoms with Crippen LogP contribution in [0, 0.1) is 17.8 Å². The highest BCUT2D eigenvalue weighted by atomic mass is 19.3. The van der Waals surface area contributed by atoms with Crippen LogP contribution in [-0.4, -0.2) is 34.7 Å². The number of hydrogen-bond donors (Lipinski definition) is 2. The second-order valence-corrected chi connectivity index (χ2v) is 6.58. The quantitative estimate of drug-likeness (QED) is 0.836. The summed E-state index contributed by atoms with van der Waals surface area (Å²) in [6, 6.07) is -1.17. The van der Waals surface area contributed by atoms with Crippen molar-refractivity contribution in [3.05, 3.63) is 0 Å². The molecule has 2 rings (SSSR count). The summed E-state index contributed by atoms with van der Waals surface area (Å²) in [5.41, 5.74) is -0.738. The van der Waals surface area contributed by atoms with Crippen molar-refractivity contribution in [1.82, 2.24) is 5.32 Å². The van der Waals surface area contributed by atoms with Crippen molar-refractivity contribution in [2.75, 3.05) is 0 Å². The summed E-state index contributed by atoms with van der Waals surface area (Å²) in [5.74, 6) is -5.78. The lowest BCUT2D eigenvalue weighted by Crippen LogP contribution is -2.47. The standard InChI is InChI=1S/C13H19F2NO4/c1-12(2,3)20-11(19)16-9(10(17)18)6-4-7-8(5-6)13(7,14)15/h6-9H,4-5H2,1-3H3,(H,16,19)(H,17,18)/t6-,7-,8+,9-/m0/s1. The first-order valence-corrected chi connectivity index (χ1v) is 6.62. The van der Waals surface area contributed by atoms with Gasteiger partial charge in [0.1, 0.15) is 11.6 Å². The molecule has 0 unspecified atom stereocenters. The molecule has 5 nitrogen and oxygen atoms in total. The number of hydrogen-bond acceptors (Lipinski definition) is 3. The van der Waals surface area contributed by atoms with E-state index in [2.05, 4.69) is 5.32 Å². The Morgan fingerprint density at radius 3 is 2.20 bits per heavy atom. The Morgan fingerprint density at radius 2 is 1.80 bits per heavy atom. The molecule has 0 aromatic carbocycles. The zero-order chi connectivity index (χ0) is 15.3. The summed E-state index contributed by atoms with van der Waals surface area (Å²) in [4.78, 5) is 22.8. The van der Waals surface area contributed by atoms with E-state index in [9.17, 15) is 18.4 Å². The number of ether oxygens (including phenoxy) is 1. The number of carbonyl (C=O) groups is 2. The highest BCUT2D eigenvalue weighted by Crippen LogP contribution is 2.66. The smallest absolute Gasteiger partial charge is 0.408 e. The van der Waals surface area contributed by atoms with Gasteiger partial charge >= 0.3 is 12.1 Å². The number of nitrogens with one attached hydrogen (secondary N) is 1. The minimum atomic E-state index is -2.65. The van der Waals surface area contributed by atoms with Crippen molar-refractivity contribution in [3.63, 3.8) is 0 Å². The summed E-state index contributed by atoms with van der Waals surface area (Å²) in [6.07, 6.45) is -0.577. The van der Waals surface area contributed by atoms with Gasteiger partial charge in [0.2, 0.25) is 0 Å². The fourth-order valence-corrected chi connectivity index (χ4v) is 2.94. The maximum atomic E-state index is 13.1. The van der Waals surface area contributed by atoms with Gasteiger partial charge in [-0.05, 0) is 39.5 Å². The number of rotatable bonds is 3. The number of aliphatic carboxylic acids is 1. The van der Waals surface area contributed by atoms with Crippen LogP contribution in [0.4, 0.5) is 13.6 Å². The van der Waals surface area contributed by atoms with E-state index in [4.69, 9.17) is 9.84 Å². The van der Waals surface area contributed by atoms with Gasteiger partial charge < -0.3 is 15.2 Å². The van der Waals surface area contributed by atoms with E-state index in [1.807, 2.05) is 0 Å². The molecule has 1 amide bonds. The lowest BCUT2D eigenvalue weighted by Gasteiger charge is -2.25. The fraction of sp³-hybridized carbons (Fsp3) is 0.846. The van der Waals surface area contributed by atoms with Gasteiger partial charge in [0, 0.05) is 11.8 Å². The third-order valence-corrected chi connectivity index (χ3v) is 3.89. The van der Waals surface area contributed by atoms with Crippen LogP contribution >= 0.6 is 0 Å². The highest BCUT2D eigenvalue weighted by Gasteiger charge is 2.72. The molecule has 114 valence electrons. The van der Waals surface area contributed by atoms with Crippen molar-refractivity contribution in [3.8, 4) is 0 Å². The van der Waals surface area contributed by atoms with Gasteiger partial charge in [-0.25, -0.2) is 18.4 Å². The van der Waals surface area contributed by atoms with E-state index in [0.29, 0.717) is 0 Å². The highest BCUT2D eigenvalue weighted by molar-refractivity contribution is 5.80. The molecule has 20 heavy (non-hydrogen) atoms. The fourth-order valence-electron chi connectivity index (χ4n) is 2.94. The van der Waals surface area contributed by atoms with Crippen LogP contribution in [0.1, 0.15) is 33.6 Å². The molecule has 0 aliphatic heterocycles. The molecule has 0 radical (unpaired) electrons. The monoisotopic (exact) mass is 291 g/mol. The van der Waals surface area contributed by atoms with Gasteiger partial charge in [-0.3, -0.25) is 0 Å². The van der Waals surface area contributed by atoms with Gasteiger partial charge in [-0.1, -0.05) is 0 Å². The Morgan fingerprint density at radius 1 is 1.30 bits per heavy atom. The zero-order valence-corrected chi connectivity index (χ0v) is 11.7. The number of carboxylic acid groups (broad SMARTS) is 1. The largest absolute Gasteiger partial charge is 0.480 e. The van der Waals surface area contributed by atoms with Crippen molar-refractivity contribution in [2.45, 2.75) is 51.2 Å². The number of carboxylic acids is 1. The third-order valence-electron chi connectivity index (χ3n) is 3.89. The topological polar surface area (TPSA) is 75.6 Å². The van der Waals surface area contributed by atoms with Gasteiger partial charge in [0.05, 0.1) is 0 Å². The molecular formula is C13H19F2NO4. The van der Waals surface area contributed by atoms with Crippen molar-refractivity contribution in [1.29, 1.82) is 0 Å². The molecule has 2 aliphatic carbocycles. The van der Waals surface area contributed by atoms with E-state index in [0.717, 1.165) is 0 Å². The number of halogens is 2. The Kier molecular flexibility index (Phi) is 3.42. The van der Waals surface area contributed by atoms with Gasteiger partial charge in [-0.15, -0.1) is 0 Å². The van der Waals surface area contributed by atoms with Crippen LogP contribution in [0.25, 0.3) is 0 Å². The lowest BCUT2D eigenvalue weighted by molar-refractivity contribution is -0.141. The van der Waals surface area contributed by atoms with Crippen LogP contribution in [0.2, 0.25) is 0 Å². The normalized spacial score (nSPS) is 32.1. The van der Waals surface area contributed by atoms with Gasteiger partial charge in [0.15, 0.2) is 0 Å². The van der Waals surface area contributed by atoms with Crippen LogP contribution in [0.3, 0.4) is 0 Å². The molecule has 2 saturated carbocycles. The SMILES string of the molecule is CC(C)(C)OC(=O)N[C@H](C(=O)O)[C@@H]1C[C@@H]2[C@H](C1)C2(F)F. The Labute approximate surface area is 115 Å². The molecule has 0 aromatic rings. The molecule has 0 heterocycles. The van der Waals surface area contributed by atoms with Gasteiger partial charge in [0.25, 0.3) is 5.92 Å². The summed E-state index contributed by atoms with van der Waals surface area (Å²) in [5, 5.41) is 11.4. The Bertz CT molecular complexity index is 419. The molecule has 2 fully saturated rings. The predicted molar refractivity (Wildman–Crippen MR) is 65.4 cm³/mol. The summed E-state index contributed by atoms with van der Waals surface area (Å²) in [6.45, 7) is 4.98. The summed E-state index contributed by atoms with van der Waals surface area (Å²) >= 11 is 0. The molecule has 4 atom stereocenters. The van der Waals surface area contributed by atoms with Crippen LogP contribution in [0.5, 0.6) is 0 Å². The second-order valence-electron chi connectivity index (χ2n) is 6.58. The first-order chi connectivity index (χ1) is 9.02. The first kappa shape index (κ1) is 15.0. The molecule has 0 bridgehead atoms. The molecule has 0 saturated heterocycles. The number of fused-ring (bicyclic) bond motifs is 1. The molecule has 0 aromatic heterocycles. The number of alkyl halides is 2. The van der Waals surface area contributed by atoms with E-state index >= 15 is 0 Å². The third kappa shape index (κ3) is 2.86. The van der Waals surface area contributed by atoms with Crippen LogP contribution < -0.4 is 5.32 Å². The number of carbonyl (C=O) groups excluding carboxylic acids is 1. The van der Waals surface area contributed by atoms with Gasteiger partial charge in [-0.2, -0.15) is 0 Å². The Hall–Kier alpha value is -1.40. The molecule has 0 spiro atoms. The van der Waals surface area contributed by atoms with Crippen molar-refractivity contribution in [2.24, 2.45) is 17.8 Å². The van der Waals surface area contributed by atoms with E-state index < -0.39 is 47.4 Å². The molecular weight excluding hydrogens is 272 g/mol. The molecule has 2 aliphatic rings.